The lowest BCUT2D eigenvalue weighted by molar-refractivity contribution is -0.128. The summed E-state index contributed by atoms with van der Waals surface area (Å²) in [6.07, 6.45) is 1.17. The smallest absolute Gasteiger partial charge is 0.288 e. The van der Waals surface area contributed by atoms with E-state index in [4.69, 9.17) is 16.0 Å². The molecule has 1 heterocycles. The second kappa shape index (κ2) is 11.5. The third-order valence-electron chi connectivity index (χ3n) is 7.99. The van der Waals surface area contributed by atoms with Crippen LogP contribution in [0.1, 0.15) is 43.4 Å². The van der Waals surface area contributed by atoms with Crippen molar-refractivity contribution in [2.45, 2.75) is 62.7 Å². The number of aldehydes is 1. The van der Waals surface area contributed by atoms with Crippen LogP contribution in [0, 0.1) is 0 Å². The van der Waals surface area contributed by atoms with Crippen molar-refractivity contribution in [3.8, 4) is 0 Å². The van der Waals surface area contributed by atoms with E-state index in [-0.39, 0.29) is 10.9 Å². The van der Waals surface area contributed by atoms with Gasteiger partial charge in [0, 0.05) is 24.6 Å². The highest BCUT2D eigenvalue weighted by Gasteiger charge is 2.49. The Bertz CT molecular complexity index is 1320. The van der Waals surface area contributed by atoms with E-state index in [1.807, 2.05) is 95.9 Å². The second-order valence-electron chi connectivity index (χ2n) is 11.9. The topological polar surface area (TPSA) is 46.6 Å². The van der Waals surface area contributed by atoms with Gasteiger partial charge in [-0.1, -0.05) is 112 Å². The molecule has 0 N–H and O–H groups in total. The fraction of sp³-hybridized carbons (Fsp3) is 0.333. The standard InChI is InChI=1S/C33H38ClNO3Si/c1-32(2,3)39(4,5)38-30-28(23-35(31(30)37)22-26-17-11-7-12-18-26)29(27-19-13-8-14-20-27)33(34,24-36)21-25-15-9-6-10-16-25/h6-20,24,29H,21-23H2,1-5H3/t29-,33+/m1/s1. The van der Waals surface area contributed by atoms with E-state index in [2.05, 4.69) is 33.9 Å². The van der Waals surface area contributed by atoms with Gasteiger partial charge in [0.15, 0.2) is 5.76 Å². The molecule has 39 heavy (non-hydrogen) atoms. The minimum atomic E-state index is -2.40. The normalized spacial score (nSPS) is 16.7. The van der Waals surface area contributed by atoms with Crippen molar-refractivity contribution in [3.05, 3.63) is 119 Å². The zero-order valence-electron chi connectivity index (χ0n) is 23.5. The predicted molar refractivity (Wildman–Crippen MR) is 161 cm³/mol. The van der Waals surface area contributed by atoms with Crippen LogP contribution in [0.15, 0.2) is 102 Å². The van der Waals surface area contributed by atoms with Crippen molar-refractivity contribution in [2.24, 2.45) is 0 Å². The van der Waals surface area contributed by atoms with Gasteiger partial charge in [0.2, 0.25) is 0 Å². The molecule has 3 aromatic rings. The summed E-state index contributed by atoms with van der Waals surface area (Å²) in [7, 11) is -2.40. The molecule has 6 heteroatoms. The summed E-state index contributed by atoms with van der Waals surface area (Å²) in [6.45, 7) is 11.5. The SMILES string of the molecule is CC(C)(C)[Si](C)(C)OC1=C([C@@H](c2ccccc2)[C@@](Cl)(C=O)Cc2ccccc2)CN(Cc2ccccc2)C1=O. The third-order valence-corrected chi connectivity index (χ3v) is 12.8. The number of rotatable bonds is 10. The second-order valence-corrected chi connectivity index (χ2v) is 17.3. The Morgan fingerprint density at radius 2 is 1.41 bits per heavy atom. The molecule has 0 saturated heterocycles. The zero-order chi connectivity index (χ0) is 28.3. The Labute approximate surface area is 238 Å². The number of halogens is 1. The lowest BCUT2D eigenvalue weighted by atomic mass is 9.77. The van der Waals surface area contributed by atoms with Crippen molar-refractivity contribution < 1.29 is 14.0 Å². The van der Waals surface area contributed by atoms with Crippen molar-refractivity contribution >= 4 is 32.1 Å². The number of hydrogen-bond donors (Lipinski definition) is 0. The van der Waals surface area contributed by atoms with Crippen LogP contribution in [0.25, 0.3) is 0 Å². The molecular weight excluding hydrogens is 522 g/mol. The molecule has 0 unspecified atom stereocenters. The van der Waals surface area contributed by atoms with E-state index in [0.29, 0.717) is 25.3 Å². The first-order chi connectivity index (χ1) is 18.4. The average Bonchev–Trinajstić information content (AvgIpc) is 3.19. The Hall–Kier alpha value is -3.15. The molecule has 4 nitrogen and oxygen atoms in total. The van der Waals surface area contributed by atoms with Crippen LogP contribution in [-0.4, -0.2) is 36.8 Å². The number of benzene rings is 3. The molecule has 1 aliphatic heterocycles. The Kier molecular flexibility index (Phi) is 8.53. The molecular formula is C33H38ClNO3Si. The van der Waals surface area contributed by atoms with Crippen LogP contribution in [0.4, 0.5) is 0 Å². The van der Waals surface area contributed by atoms with Crippen molar-refractivity contribution in [2.75, 3.05) is 6.54 Å². The van der Waals surface area contributed by atoms with Gasteiger partial charge in [-0.15, -0.1) is 11.6 Å². The monoisotopic (exact) mass is 559 g/mol. The van der Waals surface area contributed by atoms with Gasteiger partial charge in [0.25, 0.3) is 14.2 Å². The summed E-state index contributed by atoms with van der Waals surface area (Å²) < 4.78 is 6.80. The molecule has 2 atom stereocenters. The maximum Gasteiger partial charge on any atom is 0.288 e. The van der Waals surface area contributed by atoms with Gasteiger partial charge in [-0.2, -0.15) is 0 Å². The number of carbonyl (C=O) groups is 2. The highest BCUT2D eigenvalue weighted by Crippen LogP contribution is 2.47. The minimum Gasteiger partial charge on any atom is -0.540 e. The number of hydrogen-bond acceptors (Lipinski definition) is 3. The summed E-state index contributed by atoms with van der Waals surface area (Å²) >= 11 is 7.34. The van der Waals surface area contributed by atoms with E-state index in [9.17, 15) is 9.59 Å². The molecule has 0 aromatic heterocycles. The Balaban J connectivity index is 1.86. The first-order valence-corrected chi connectivity index (χ1v) is 16.7. The van der Waals surface area contributed by atoms with Gasteiger partial charge in [-0.05, 0) is 41.2 Å². The molecule has 0 saturated carbocycles. The van der Waals surface area contributed by atoms with Gasteiger partial charge in [-0.25, -0.2) is 0 Å². The summed E-state index contributed by atoms with van der Waals surface area (Å²) in [5.41, 5.74) is 3.64. The summed E-state index contributed by atoms with van der Waals surface area (Å²) in [5, 5.41) is -0.118. The fourth-order valence-electron chi connectivity index (χ4n) is 4.84. The molecule has 0 bridgehead atoms. The molecule has 1 amide bonds. The van der Waals surface area contributed by atoms with Crippen LogP contribution >= 0.6 is 11.6 Å². The average molecular weight is 560 g/mol. The van der Waals surface area contributed by atoms with Crippen LogP contribution < -0.4 is 0 Å². The number of amides is 1. The Morgan fingerprint density at radius 1 is 0.897 bits per heavy atom. The third kappa shape index (κ3) is 6.37. The molecule has 1 aliphatic rings. The van der Waals surface area contributed by atoms with Gasteiger partial charge in [-0.3, -0.25) is 4.79 Å². The first-order valence-electron chi connectivity index (χ1n) is 13.4. The Morgan fingerprint density at radius 3 is 1.92 bits per heavy atom. The molecule has 204 valence electrons. The van der Waals surface area contributed by atoms with Gasteiger partial charge in [0.05, 0.1) is 0 Å². The highest BCUT2D eigenvalue weighted by atomic mass is 35.5. The van der Waals surface area contributed by atoms with Crippen molar-refractivity contribution in [1.29, 1.82) is 0 Å². The van der Waals surface area contributed by atoms with Crippen molar-refractivity contribution in [3.63, 3.8) is 0 Å². The van der Waals surface area contributed by atoms with Gasteiger partial charge >= 0.3 is 0 Å². The quantitative estimate of drug-likeness (QED) is 0.147. The van der Waals surface area contributed by atoms with Crippen LogP contribution in [-0.2, 0) is 27.0 Å². The fourth-order valence-corrected chi connectivity index (χ4v) is 6.28. The van der Waals surface area contributed by atoms with E-state index in [1.54, 1.807) is 0 Å². The van der Waals surface area contributed by atoms with Crippen molar-refractivity contribution in [1.82, 2.24) is 4.90 Å². The van der Waals surface area contributed by atoms with E-state index in [1.165, 1.54) is 0 Å². The first kappa shape index (κ1) is 28.8. The number of nitrogens with zero attached hydrogens (tertiary/aromatic N) is 1. The molecule has 4 rings (SSSR count). The van der Waals surface area contributed by atoms with E-state index in [0.717, 1.165) is 28.5 Å². The van der Waals surface area contributed by atoms with E-state index < -0.39 is 19.1 Å². The van der Waals surface area contributed by atoms with Crippen LogP contribution in [0.5, 0.6) is 0 Å². The summed E-state index contributed by atoms with van der Waals surface area (Å²) in [5.74, 6) is -0.349. The highest BCUT2D eigenvalue weighted by molar-refractivity contribution is 6.74. The van der Waals surface area contributed by atoms with Crippen LogP contribution in [0.3, 0.4) is 0 Å². The molecule has 0 radical (unpaired) electrons. The largest absolute Gasteiger partial charge is 0.540 e. The summed E-state index contributed by atoms with van der Waals surface area (Å²) in [6, 6.07) is 29.5. The predicted octanol–water partition coefficient (Wildman–Crippen LogP) is 7.51. The summed E-state index contributed by atoms with van der Waals surface area (Å²) in [4.78, 5) is 27.5. The maximum atomic E-state index is 14.1. The molecule has 3 aromatic carbocycles. The molecule has 0 aliphatic carbocycles. The lowest BCUT2D eigenvalue weighted by Gasteiger charge is -2.38. The van der Waals surface area contributed by atoms with Gasteiger partial charge < -0.3 is 14.1 Å². The van der Waals surface area contributed by atoms with Crippen LogP contribution in [0.2, 0.25) is 18.1 Å². The lowest BCUT2D eigenvalue weighted by Crippen LogP contribution is -2.42. The van der Waals surface area contributed by atoms with Gasteiger partial charge in [0.1, 0.15) is 11.2 Å². The zero-order valence-corrected chi connectivity index (χ0v) is 25.2. The minimum absolute atomic E-state index is 0.118. The maximum absolute atomic E-state index is 14.1. The van der Waals surface area contributed by atoms with E-state index >= 15 is 0 Å². The number of alkyl halides is 1. The molecule has 0 spiro atoms. The molecule has 0 fully saturated rings. The number of carbonyl (C=O) groups excluding carboxylic acids is 2.